The van der Waals surface area contributed by atoms with Crippen LogP contribution in [0.4, 0.5) is 0 Å². The third-order valence-corrected chi connectivity index (χ3v) is 5.52. The van der Waals surface area contributed by atoms with E-state index in [-0.39, 0.29) is 22.2 Å². The highest BCUT2D eigenvalue weighted by molar-refractivity contribution is 6.33. The Kier molecular flexibility index (Phi) is 6.40. The van der Waals surface area contributed by atoms with Crippen molar-refractivity contribution in [2.75, 3.05) is 0 Å². The van der Waals surface area contributed by atoms with Gasteiger partial charge in [0.15, 0.2) is 0 Å². The van der Waals surface area contributed by atoms with Crippen molar-refractivity contribution in [1.29, 1.82) is 5.26 Å². The van der Waals surface area contributed by atoms with E-state index in [0.717, 1.165) is 25.7 Å². The van der Waals surface area contributed by atoms with E-state index in [2.05, 4.69) is 12.2 Å². The number of nitrogens with zero attached hydrogens (tertiary/aromatic N) is 1. The smallest absolute Gasteiger partial charge is 0.337 e. The quantitative estimate of drug-likeness (QED) is 0.537. The third kappa shape index (κ3) is 4.87. The molecule has 0 bridgehead atoms. The number of nitriles is 1. The van der Waals surface area contributed by atoms with Gasteiger partial charge in [-0.25, -0.2) is 4.79 Å². The highest BCUT2D eigenvalue weighted by Crippen LogP contribution is 2.28. The number of nitrogens with one attached hydrogen (secondary N) is 1. The number of hydrogen-bond acceptors (Lipinski definition) is 4. The maximum atomic E-state index is 12.5. The second kappa shape index (κ2) is 8.97. The minimum Gasteiger partial charge on any atom is -0.478 e. The number of carbonyl (C=O) groups excluding carboxylic acids is 1. The SMILES string of the molecule is C[C@@H]1CCCC[C@H]1NC(=O)/C(C#N)=C/c1ccc(-c2ccc(Cl)c(C(=O)O)c2)o1. The fourth-order valence-corrected chi connectivity index (χ4v) is 3.69. The second-order valence-electron chi connectivity index (χ2n) is 7.21. The van der Waals surface area contributed by atoms with E-state index in [4.69, 9.17) is 16.0 Å². The minimum absolute atomic E-state index is 0.0312. The molecule has 0 spiro atoms. The molecular weight excluding hydrogens is 392 g/mol. The second-order valence-corrected chi connectivity index (χ2v) is 7.62. The standard InChI is InChI=1S/C22H21ClN2O4/c1-13-4-2-3-5-19(13)25-21(26)15(12-24)10-16-7-9-20(29-16)14-6-8-18(23)17(11-14)22(27)28/h6-11,13,19H,2-5H2,1H3,(H,25,26)(H,27,28)/b15-10+/t13-,19-/m1/s1. The lowest BCUT2D eigenvalue weighted by atomic mass is 9.86. The Bertz CT molecular complexity index is 1000. The zero-order valence-electron chi connectivity index (χ0n) is 15.9. The van der Waals surface area contributed by atoms with Crippen LogP contribution < -0.4 is 5.32 Å². The maximum absolute atomic E-state index is 12.5. The van der Waals surface area contributed by atoms with Gasteiger partial charge in [0.2, 0.25) is 0 Å². The van der Waals surface area contributed by atoms with Gasteiger partial charge in [-0.2, -0.15) is 5.26 Å². The number of halogens is 1. The summed E-state index contributed by atoms with van der Waals surface area (Å²) >= 11 is 5.90. The van der Waals surface area contributed by atoms with Gasteiger partial charge in [-0.05, 0) is 49.1 Å². The Morgan fingerprint density at radius 1 is 1.28 bits per heavy atom. The summed E-state index contributed by atoms with van der Waals surface area (Å²) in [5.74, 6) is -0.423. The number of benzene rings is 1. The van der Waals surface area contributed by atoms with Crippen LogP contribution in [0.3, 0.4) is 0 Å². The number of amides is 1. The molecule has 1 aromatic heterocycles. The Morgan fingerprint density at radius 3 is 2.72 bits per heavy atom. The molecule has 0 radical (unpaired) electrons. The van der Waals surface area contributed by atoms with Gasteiger partial charge in [0.05, 0.1) is 10.6 Å². The molecule has 1 aromatic carbocycles. The van der Waals surface area contributed by atoms with Crippen molar-refractivity contribution in [3.05, 3.63) is 52.3 Å². The molecule has 7 heteroatoms. The number of carboxylic acids is 1. The van der Waals surface area contributed by atoms with Crippen molar-refractivity contribution in [3.63, 3.8) is 0 Å². The van der Waals surface area contributed by atoms with Crippen LogP contribution in [0, 0.1) is 17.2 Å². The van der Waals surface area contributed by atoms with E-state index in [1.165, 1.54) is 18.2 Å². The third-order valence-electron chi connectivity index (χ3n) is 5.19. The molecule has 2 aromatic rings. The van der Waals surface area contributed by atoms with Gasteiger partial charge in [-0.1, -0.05) is 31.4 Å². The molecule has 1 amide bonds. The summed E-state index contributed by atoms with van der Waals surface area (Å²) in [5.41, 5.74) is 0.466. The van der Waals surface area contributed by atoms with Gasteiger partial charge in [-0.3, -0.25) is 4.79 Å². The average Bonchev–Trinajstić information content (AvgIpc) is 3.16. The van der Waals surface area contributed by atoms with Crippen molar-refractivity contribution in [2.24, 2.45) is 5.92 Å². The molecule has 6 nitrogen and oxygen atoms in total. The fourth-order valence-electron chi connectivity index (χ4n) is 3.50. The van der Waals surface area contributed by atoms with Crippen molar-refractivity contribution in [2.45, 2.75) is 38.6 Å². The summed E-state index contributed by atoms with van der Waals surface area (Å²) in [6.45, 7) is 2.11. The fraction of sp³-hybridized carbons (Fsp3) is 0.318. The first kappa shape index (κ1) is 20.7. The number of carboxylic acid groups (broad SMARTS) is 1. The zero-order chi connectivity index (χ0) is 21.0. The first-order valence-electron chi connectivity index (χ1n) is 9.44. The van der Waals surface area contributed by atoms with Crippen LogP contribution in [0.25, 0.3) is 17.4 Å². The summed E-state index contributed by atoms with van der Waals surface area (Å²) in [4.78, 5) is 23.8. The van der Waals surface area contributed by atoms with Gasteiger partial charge in [0.25, 0.3) is 5.91 Å². The van der Waals surface area contributed by atoms with Crippen LogP contribution in [0.5, 0.6) is 0 Å². The van der Waals surface area contributed by atoms with E-state index in [1.54, 1.807) is 18.2 Å². The Hall–Kier alpha value is -3.04. The van der Waals surface area contributed by atoms with Crippen molar-refractivity contribution >= 4 is 29.6 Å². The monoisotopic (exact) mass is 412 g/mol. The van der Waals surface area contributed by atoms with E-state index in [9.17, 15) is 20.0 Å². The summed E-state index contributed by atoms with van der Waals surface area (Å²) in [7, 11) is 0. The number of carbonyl (C=O) groups is 2. The lowest BCUT2D eigenvalue weighted by Gasteiger charge is -2.29. The van der Waals surface area contributed by atoms with Crippen molar-refractivity contribution < 1.29 is 19.1 Å². The molecule has 1 aliphatic carbocycles. The molecular formula is C22H21ClN2O4. The van der Waals surface area contributed by atoms with Crippen LogP contribution in [0.2, 0.25) is 5.02 Å². The van der Waals surface area contributed by atoms with E-state index in [1.807, 2.05) is 6.07 Å². The predicted molar refractivity (Wildman–Crippen MR) is 109 cm³/mol. The molecule has 3 rings (SSSR count). The van der Waals surface area contributed by atoms with Gasteiger partial charge in [0.1, 0.15) is 23.2 Å². The molecule has 0 aliphatic heterocycles. The summed E-state index contributed by atoms with van der Waals surface area (Å²) in [5, 5.41) is 21.7. The molecule has 0 unspecified atom stereocenters. The van der Waals surface area contributed by atoms with Gasteiger partial charge in [0, 0.05) is 17.7 Å². The van der Waals surface area contributed by atoms with Crippen molar-refractivity contribution in [1.82, 2.24) is 5.32 Å². The normalized spacial score (nSPS) is 19.4. The Morgan fingerprint density at radius 2 is 2.03 bits per heavy atom. The van der Waals surface area contributed by atoms with Crippen LogP contribution in [0.15, 0.2) is 40.3 Å². The van der Waals surface area contributed by atoms with Crippen LogP contribution in [0.1, 0.15) is 48.7 Å². The lowest BCUT2D eigenvalue weighted by molar-refractivity contribution is -0.118. The van der Waals surface area contributed by atoms with Crippen LogP contribution >= 0.6 is 11.6 Å². The summed E-state index contributed by atoms with van der Waals surface area (Å²) in [6.07, 6.45) is 5.61. The Balaban J connectivity index is 1.79. The van der Waals surface area contributed by atoms with Crippen LogP contribution in [-0.2, 0) is 4.79 Å². The number of rotatable bonds is 5. The topological polar surface area (TPSA) is 103 Å². The van der Waals surface area contributed by atoms with E-state index in [0.29, 0.717) is 23.0 Å². The summed E-state index contributed by atoms with van der Waals surface area (Å²) in [6, 6.07) is 9.82. The van der Waals surface area contributed by atoms with E-state index >= 15 is 0 Å². The number of aromatic carboxylic acids is 1. The minimum atomic E-state index is -1.14. The highest BCUT2D eigenvalue weighted by Gasteiger charge is 2.24. The van der Waals surface area contributed by atoms with E-state index < -0.39 is 11.9 Å². The predicted octanol–water partition coefficient (Wildman–Crippen LogP) is 4.90. The maximum Gasteiger partial charge on any atom is 0.337 e. The zero-order valence-corrected chi connectivity index (χ0v) is 16.7. The largest absolute Gasteiger partial charge is 0.478 e. The molecule has 0 saturated heterocycles. The lowest BCUT2D eigenvalue weighted by Crippen LogP contribution is -2.41. The van der Waals surface area contributed by atoms with Crippen LogP contribution in [-0.4, -0.2) is 23.0 Å². The van der Waals surface area contributed by atoms with Gasteiger partial charge >= 0.3 is 5.97 Å². The van der Waals surface area contributed by atoms with Gasteiger partial charge < -0.3 is 14.8 Å². The molecule has 1 fully saturated rings. The first-order valence-corrected chi connectivity index (χ1v) is 9.82. The molecule has 1 saturated carbocycles. The molecule has 2 atom stereocenters. The van der Waals surface area contributed by atoms with Gasteiger partial charge in [-0.15, -0.1) is 0 Å². The molecule has 2 N–H and O–H groups in total. The molecule has 29 heavy (non-hydrogen) atoms. The molecule has 1 heterocycles. The number of hydrogen-bond donors (Lipinski definition) is 2. The van der Waals surface area contributed by atoms with Crippen molar-refractivity contribution in [3.8, 4) is 17.4 Å². The molecule has 150 valence electrons. The number of furan rings is 1. The summed E-state index contributed by atoms with van der Waals surface area (Å²) < 4.78 is 5.69. The molecule has 1 aliphatic rings. The average molecular weight is 413 g/mol. The Labute approximate surface area is 173 Å². The highest BCUT2D eigenvalue weighted by atomic mass is 35.5. The first-order chi connectivity index (χ1) is 13.9.